The lowest BCUT2D eigenvalue weighted by atomic mass is 10.2. The van der Waals surface area contributed by atoms with Crippen LogP contribution in [0, 0.1) is 0 Å². The third-order valence-corrected chi connectivity index (χ3v) is 3.01. The monoisotopic (exact) mass is 302 g/mol. The van der Waals surface area contributed by atoms with E-state index in [9.17, 15) is 9.90 Å². The third kappa shape index (κ3) is 4.05. The number of methoxy groups -OCH3 is 2. The smallest absolute Gasteiger partial charge is 0.319 e. The van der Waals surface area contributed by atoms with Gasteiger partial charge in [-0.2, -0.15) is 0 Å². The molecule has 0 atom stereocenters. The second kappa shape index (κ2) is 7.21. The standard InChI is InChI=1S/C16H18N2O4/c1-21-14-7-6-11(8-15(14)22-2)10-17-16(20)18-12-4-3-5-13(19)9-12/h3-9,19H,10H2,1-2H3,(H2,17,18,20). The molecule has 0 aliphatic rings. The molecular formula is C16H18N2O4. The van der Waals surface area contributed by atoms with Crippen LogP contribution >= 0.6 is 0 Å². The number of ether oxygens (including phenoxy) is 2. The lowest BCUT2D eigenvalue weighted by molar-refractivity contribution is 0.251. The van der Waals surface area contributed by atoms with Crippen LogP contribution < -0.4 is 20.1 Å². The SMILES string of the molecule is COc1ccc(CNC(=O)Nc2cccc(O)c2)cc1OC. The first kappa shape index (κ1) is 15.5. The minimum Gasteiger partial charge on any atom is -0.508 e. The van der Waals surface area contributed by atoms with Crippen LogP contribution in [0.15, 0.2) is 42.5 Å². The molecule has 2 rings (SSSR count). The summed E-state index contributed by atoms with van der Waals surface area (Å²) in [6, 6.07) is 11.4. The first-order valence-corrected chi connectivity index (χ1v) is 6.67. The number of carbonyl (C=O) groups excluding carboxylic acids is 1. The summed E-state index contributed by atoms with van der Waals surface area (Å²) in [5.74, 6) is 1.34. The van der Waals surface area contributed by atoms with E-state index in [4.69, 9.17) is 9.47 Å². The van der Waals surface area contributed by atoms with Crippen LogP contribution in [-0.4, -0.2) is 25.4 Å². The van der Waals surface area contributed by atoms with E-state index in [2.05, 4.69) is 10.6 Å². The van der Waals surface area contributed by atoms with Crippen LogP contribution in [-0.2, 0) is 6.54 Å². The van der Waals surface area contributed by atoms with Gasteiger partial charge in [-0.05, 0) is 29.8 Å². The Labute approximate surface area is 128 Å². The number of carbonyl (C=O) groups is 1. The minimum atomic E-state index is -0.361. The summed E-state index contributed by atoms with van der Waals surface area (Å²) >= 11 is 0. The van der Waals surface area contributed by atoms with Crippen molar-refractivity contribution in [2.75, 3.05) is 19.5 Å². The Bertz CT molecular complexity index is 658. The Balaban J connectivity index is 1.93. The molecule has 0 aliphatic heterocycles. The van der Waals surface area contributed by atoms with E-state index >= 15 is 0 Å². The number of benzene rings is 2. The molecule has 0 saturated carbocycles. The van der Waals surface area contributed by atoms with Gasteiger partial charge >= 0.3 is 6.03 Å². The molecule has 0 saturated heterocycles. The van der Waals surface area contributed by atoms with Crippen molar-refractivity contribution in [2.24, 2.45) is 0 Å². The van der Waals surface area contributed by atoms with Gasteiger partial charge < -0.3 is 25.2 Å². The number of urea groups is 1. The summed E-state index contributed by atoms with van der Waals surface area (Å²) in [4.78, 5) is 11.8. The van der Waals surface area contributed by atoms with Gasteiger partial charge in [-0.3, -0.25) is 0 Å². The molecule has 0 bridgehead atoms. The van der Waals surface area contributed by atoms with Crippen molar-refractivity contribution in [3.8, 4) is 17.2 Å². The molecule has 0 fully saturated rings. The number of anilines is 1. The summed E-state index contributed by atoms with van der Waals surface area (Å²) in [5.41, 5.74) is 1.40. The van der Waals surface area contributed by atoms with E-state index in [0.717, 1.165) is 5.56 Å². The second-order valence-corrected chi connectivity index (χ2v) is 4.55. The van der Waals surface area contributed by atoms with Crippen LogP contribution in [0.1, 0.15) is 5.56 Å². The average molecular weight is 302 g/mol. The molecule has 3 N–H and O–H groups in total. The maximum Gasteiger partial charge on any atom is 0.319 e. The number of amides is 2. The molecule has 6 nitrogen and oxygen atoms in total. The topological polar surface area (TPSA) is 79.8 Å². The summed E-state index contributed by atoms with van der Waals surface area (Å²) < 4.78 is 10.4. The highest BCUT2D eigenvalue weighted by molar-refractivity contribution is 5.89. The Morgan fingerprint density at radius 2 is 1.86 bits per heavy atom. The number of nitrogens with one attached hydrogen (secondary N) is 2. The summed E-state index contributed by atoms with van der Waals surface area (Å²) in [5, 5.41) is 14.7. The molecule has 0 radical (unpaired) electrons. The van der Waals surface area contributed by atoms with E-state index in [0.29, 0.717) is 23.7 Å². The first-order chi connectivity index (χ1) is 10.6. The van der Waals surface area contributed by atoms with Gasteiger partial charge in [0.05, 0.1) is 14.2 Å². The van der Waals surface area contributed by atoms with Crippen LogP contribution in [0.4, 0.5) is 10.5 Å². The number of phenols is 1. The Morgan fingerprint density at radius 1 is 1.09 bits per heavy atom. The normalized spacial score (nSPS) is 9.91. The highest BCUT2D eigenvalue weighted by atomic mass is 16.5. The zero-order valence-corrected chi connectivity index (χ0v) is 12.4. The fraction of sp³-hybridized carbons (Fsp3) is 0.188. The lowest BCUT2D eigenvalue weighted by Crippen LogP contribution is -2.28. The first-order valence-electron chi connectivity index (χ1n) is 6.67. The minimum absolute atomic E-state index is 0.0951. The Morgan fingerprint density at radius 3 is 2.55 bits per heavy atom. The van der Waals surface area contributed by atoms with Gasteiger partial charge in [0.15, 0.2) is 11.5 Å². The summed E-state index contributed by atoms with van der Waals surface area (Å²) in [6.45, 7) is 0.338. The average Bonchev–Trinajstić information content (AvgIpc) is 2.52. The molecular weight excluding hydrogens is 284 g/mol. The summed E-state index contributed by atoms with van der Waals surface area (Å²) in [7, 11) is 3.13. The molecule has 22 heavy (non-hydrogen) atoms. The second-order valence-electron chi connectivity index (χ2n) is 4.55. The predicted molar refractivity (Wildman–Crippen MR) is 83.5 cm³/mol. The van der Waals surface area contributed by atoms with Crippen LogP contribution in [0.5, 0.6) is 17.2 Å². The maximum atomic E-state index is 11.8. The zero-order valence-electron chi connectivity index (χ0n) is 12.4. The zero-order chi connectivity index (χ0) is 15.9. The van der Waals surface area contributed by atoms with E-state index < -0.39 is 0 Å². The van der Waals surface area contributed by atoms with Gasteiger partial charge in [0.2, 0.25) is 0 Å². The van der Waals surface area contributed by atoms with Gasteiger partial charge in [0.1, 0.15) is 5.75 Å². The third-order valence-electron chi connectivity index (χ3n) is 3.01. The number of phenolic OH excluding ortho intramolecular Hbond substituents is 1. The van der Waals surface area contributed by atoms with E-state index in [-0.39, 0.29) is 11.8 Å². The molecule has 2 amide bonds. The van der Waals surface area contributed by atoms with E-state index in [1.807, 2.05) is 6.07 Å². The van der Waals surface area contributed by atoms with Crippen molar-refractivity contribution in [2.45, 2.75) is 6.54 Å². The molecule has 0 unspecified atom stereocenters. The predicted octanol–water partition coefficient (Wildman–Crippen LogP) is 2.73. The maximum absolute atomic E-state index is 11.8. The van der Waals surface area contributed by atoms with Crippen molar-refractivity contribution in [3.05, 3.63) is 48.0 Å². The Kier molecular flexibility index (Phi) is 5.08. The fourth-order valence-electron chi connectivity index (χ4n) is 1.93. The van der Waals surface area contributed by atoms with E-state index in [1.165, 1.54) is 12.1 Å². The molecule has 0 spiro atoms. The van der Waals surface area contributed by atoms with E-state index in [1.54, 1.807) is 38.5 Å². The van der Waals surface area contributed by atoms with Crippen molar-refractivity contribution in [3.63, 3.8) is 0 Å². The molecule has 0 aliphatic carbocycles. The molecule has 2 aromatic rings. The van der Waals surface area contributed by atoms with Crippen LogP contribution in [0.2, 0.25) is 0 Å². The summed E-state index contributed by atoms with van der Waals surface area (Å²) in [6.07, 6.45) is 0. The largest absolute Gasteiger partial charge is 0.508 e. The van der Waals surface area contributed by atoms with Gasteiger partial charge in [-0.15, -0.1) is 0 Å². The highest BCUT2D eigenvalue weighted by Gasteiger charge is 2.06. The molecule has 6 heteroatoms. The molecule has 0 heterocycles. The quantitative estimate of drug-likeness (QED) is 0.793. The number of rotatable bonds is 5. The molecule has 0 aromatic heterocycles. The fourth-order valence-corrected chi connectivity index (χ4v) is 1.93. The molecule has 116 valence electrons. The lowest BCUT2D eigenvalue weighted by Gasteiger charge is -2.11. The van der Waals surface area contributed by atoms with Crippen molar-refractivity contribution in [1.29, 1.82) is 0 Å². The number of hydrogen-bond acceptors (Lipinski definition) is 4. The van der Waals surface area contributed by atoms with Crippen molar-refractivity contribution < 1.29 is 19.4 Å². The van der Waals surface area contributed by atoms with Gasteiger partial charge in [-0.25, -0.2) is 4.79 Å². The Hall–Kier alpha value is -2.89. The number of hydrogen-bond donors (Lipinski definition) is 3. The molecule has 2 aromatic carbocycles. The van der Waals surface area contributed by atoms with Gasteiger partial charge in [0.25, 0.3) is 0 Å². The van der Waals surface area contributed by atoms with Gasteiger partial charge in [-0.1, -0.05) is 12.1 Å². The highest BCUT2D eigenvalue weighted by Crippen LogP contribution is 2.27. The van der Waals surface area contributed by atoms with Crippen LogP contribution in [0.25, 0.3) is 0 Å². The van der Waals surface area contributed by atoms with Crippen molar-refractivity contribution >= 4 is 11.7 Å². The van der Waals surface area contributed by atoms with Crippen molar-refractivity contribution in [1.82, 2.24) is 5.32 Å². The van der Waals surface area contributed by atoms with Crippen LogP contribution in [0.3, 0.4) is 0 Å². The van der Waals surface area contributed by atoms with Gasteiger partial charge in [0, 0.05) is 18.3 Å². The number of aromatic hydroxyl groups is 1.